The van der Waals surface area contributed by atoms with Crippen LogP contribution in [-0.4, -0.2) is 42.1 Å². The maximum Gasteiger partial charge on any atom is 0.141 e. The third-order valence-corrected chi connectivity index (χ3v) is 3.46. The van der Waals surface area contributed by atoms with Crippen LogP contribution in [0.4, 0.5) is 0 Å². The fraction of sp³-hybridized carbons (Fsp3) is 0.533. The predicted octanol–water partition coefficient (Wildman–Crippen LogP) is 1.80. The molecule has 1 unspecified atom stereocenters. The standard InChI is InChI=1S/C15H26N4O/c1-3-19(4-2)11-10-17-14(12-15(16)18-20)13-8-6-5-7-9-13/h5-9,14,17,20H,3-4,10-12H2,1-2H3,(H2,16,18). The fourth-order valence-corrected chi connectivity index (χ4v) is 2.18. The highest BCUT2D eigenvalue weighted by molar-refractivity contribution is 5.80. The lowest BCUT2D eigenvalue weighted by Crippen LogP contribution is -2.35. The largest absolute Gasteiger partial charge is 0.409 e. The number of rotatable bonds is 9. The van der Waals surface area contributed by atoms with Crippen molar-refractivity contribution < 1.29 is 5.21 Å². The van der Waals surface area contributed by atoms with Crippen molar-refractivity contribution in [1.29, 1.82) is 0 Å². The van der Waals surface area contributed by atoms with E-state index in [9.17, 15) is 0 Å². The molecular weight excluding hydrogens is 252 g/mol. The molecule has 0 aliphatic heterocycles. The van der Waals surface area contributed by atoms with Crippen LogP contribution in [0.15, 0.2) is 35.5 Å². The first-order valence-electron chi connectivity index (χ1n) is 7.18. The highest BCUT2D eigenvalue weighted by atomic mass is 16.4. The third-order valence-electron chi connectivity index (χ3n) is 3.46. The van der Waals surface area contributed by atoms with E-state index in [4.69, 9.17) is 10.9 Å². The van der Waals surface area contributed by atoms with Crippen LogP contribution in [0, 0.1) is 0 Å². The number of oxime groups is 1. The molecule has 0 aliphatic carbocycles. The van der Waals surface area contributed by atoms with Gasteiger partial charge in [-0.25, -0.2) is 0 Å². The van der Waals surface area contributed by atoms with E-state index in [2.05, 4.69) is 41.4 Å². The molecular formula is C15H26N4O. The Hall–Kier alpha value is -1.59. The number of benzene rings is 1. The first-order chi connectivity index (χ1) is 9.71. The molecule has 4 N–H and O–H groups in total. The summed E-state index contributed by atoms with van der Waals surface area (Å²) in [5, 5.41) is 15.3. The normalized spacial score (nSPS) is 13.7. The zero-order chi connectivity index (χ0) is 14.8. The summed E-state index contributed by atoms with van der Waals surface area (Å²) in [4.78, 5) is 2.36. The summed E-state index contributed by atoms with van der Waals surface area (Å²) in [5.74, 6) is 0.245. The molecule has 0 fully saturated rings. The smallest absolute Gasteiger partial charge is 0.141 e. The predicted molar refractivity (Wildman–Crippen MR) is 83.0 cm³/mol. The molecule has 1 atom stereocenters. The second-order valence-corrected chi connectivity index (χ2v) is 4.74. The van der Waals surface area contributed by atoms with Crippen LogP contribution < -0.4 is 11.1 Å². The second-order valence-electron chi connectivity index (χ2n) is 4.74. The van der Waals surface area contributed by atoms with Crippen LogP contribution in [0.3, 0.4) is 0 Å². The highest BCUT2D eigenvalue weighted by Gasteiger charge is 2.13. The molecule has 5 nitrogen and oxygen atoms in total. The van der Waals surface area contributed by atoms with Gasteiger partial charge in [0.1, 0.15) is 5.84 Å². The molecule has 0 aromatic heterocycles. The Morgan fingerprint density at radius 3 is 2.50 bits per heavy atom. The molecule has 0 aliphatic rings. The quantitative estimate of drug-likeness (QED) is 0.279. The van der Waals surface area contributed by atoms with Gasteiger partial charge in [0.2, 0.25) is 0 Å². The van der Waals surface area contributed by atoms with Crippen molar-refractivity contribution >= 4 is 5.84 Å². The lowest BCUT2D eigenvalue weighted by atomic mass is 10.0. The van der Waals surface area contributed by atoms with E-state index in [-0.39, 0.29) is 11.9 Å². The van der Waals surface area contributed by atoms with Gasteiger partial charge in [0.05, 0.1) is 0 Å². The number of nitrogens with zero attached hydrogens (tertiary/aromatic N) is 2. The Labute approximate surface area is 121 Å². The van der Waals surface area contributed by atoms with E-state index in [0.29, 0.717) is 6.42 Å². The number of hydrogen-bond donors (Lipinski definition) is 3. The van der Waals surface area contributed by atoms with Crippen molar-refractivity contribution in [2.45, 2.75) is 26.3 Å². The number of hydrogen-bond acceptors (Lipinski definition) is 4. The molecule has 5 heteroatoms. The van der Waals surface area contributed by atoms with Gasteiger partial charge in [0.25, 0.3) is 0 Å². The summed E-state index contributed by atoms with van der Waals surface area (Å²) < 4.78 is 0. The Kier molecular flexibility index (Phi) is 7.69. The minimum Gasteiger partial charge on any atom is -0.409 e. The van der Waals surface area contributed by atoms with Crippen molar-refractivity contribution in [3.05, 3.63) is 35.9 Å². The Bertz CT molecular complexity index is 390. The minimum absolute atomic E-state index is 0.0719. The van der Waals surface area contributed by atoms with Crippen LogP contribution in [0.2, 0.25) is 0 Å². The van der Waals surface area contributed by atoms with Gasteiger partial charge in [-0.2, -0.15) is 0 Å². The van der Waals surface area contributed by atoms with E-state index in [1.54, 1.807) is 0 Å². The van der Waals surface area contributed by atoms with Crippen LogP contribution >= 0.6 is 0 Å². The molecule has 0 amide bonds. The maximum atomic E-state index is 8.75. The molecule has 0 saturated carbocycles. The monoisotopic (exact) mass is 278 g/mol. The fourth-order valence-electron chi connectivity index (χ4n) is 2.18. The second kappa shape index (κ2) is 9.34. The number of nitrogens with one attached hydrogen (secondary N) is 1. The SMILES string of the molecule is CCN(CC)CCNC(CC(N)=NO)c1ccccc1. The zero-order valence-corrected chi connectivity index (χ0v) is 12.4. The zero-order valence-electron chi connectivity index (χ0n) is 12.4. The van der Waals surface area contributed by atoms with Crippen LogP contribution in [0.1, 0.15) is 31.9 Å². The van der Waals surface area contributed by atoms with Crippen LogP contribution in [-0.2, 0) is 0 Å². The van der Waals surface area contributed by atoms with Crippen molar-refractivity contribution in [3.8, 4) is 0 Å². The summed E-state index contributed by atoms with van der Waals surface area (Å²) in [5.41, 5.74) is 6.80. The molecule has 0 heterocycles. The first kappa shape index (κ1) is 16.5. The summed E-state index contributed by atoms with van der Waals surface area (Å²) in [7, 11) is 0. The highest BCUT2D eigenvalue weighted by Crippen LogP contribution is 2.16. The Morgan fingerprint density at radius 1 is 1.30 bits per heavy atom. The van der Waals surface area contributed by atoms with E-state index in [0.717, 1.165) is 31.7 Å². The maximum absolute atomic E-state index is 8.75. The molecule has 1 aromatic rings. The third kappa shape index (κ3) is 5.59. The van der Waals surface area contributed by atoms with Gasteiger partial charge in [0.15, 0.2) is 0 Å². The topological polar surface area (TPSA) is 73.9 Å². The van der Waals surface area contributed by atoms with Gasteiger partial charge in [0, 0.05) is 25.6 Å². The Balaban J connectivity index is 2.60. The molecule has 0 spiro atoms. The van der Waals surface area contributed by atoms with E-state index in [1.165, 1.54) is 0 Å². The van der Waals surface area contributed by atoms with Gasteiger partial charge in [-0.1, -0.05) is 49.3 Å². The molecule has 0 radical (unpaired) electrons. The van der Waals surface area contributed by atoms with Gasteiger partial charge < -0.3 is 21.2 Å². The number of likely N-dealkylation sites (N-methyl/N-ethyl adjacent to an activating group) is 1. The van der Waals surface area contributed by atoms with Crippen molar-refractivity contribution in [3.63, 3.8) is 0 Å². The summed E-state index contributed by atoms with van der Waals surface area (Å²) >= 11 is 0. The van der Waals surface area contributed by atoms with Crippen LogP contribution in [0.25, 0.3) is 0 Å². The molecule has 20 heavy (non-hydrogen) atoms. The molecule has 112 valence electrons. The van der Waals surface area contributed by atoms with E-state index < -0.39 is 0 Å². The van der Waals surface area contributed by atoms with Gasteiger partial charge >= 0.3 is 0 Å². The minimum atomic E-state index is 0.0719. The van der Waals surface area contributed by atoms with E-state index in [1.807, 2.05) is 18.2 Å². The lowest BCUT2D eigenvalue weighted by molar-refractivity contribution is 0.295. The first-order valence-corrected chi connectivity index (χ1v) is 7.18. The van der Waals surface area contributed by atoms with Gasteiger partial charge in [-0.3, -0.25) is 0 Å². The van der Waals surface area contributed by atoms with Crippen LogP contribution in [0.5, 0.6) is 0 Å². The summed E-state index contributed by atoms with van der Waals surface area (Å²) in [6.07, 6.45) is 0.499. The van der Waals surface area contributed by atoms with Crippen molar-refractivity contribution in [1.82, 2.24) is 10.2 Å². The summed E-state index contributed by atoms with van der Waals surface area (Å²) in [6.45, 7) is 8.29. The average molecular weight is 278 g/mol. The van der Waals surface area contributed by atoms with Gasteiger partial charge in [-0.05, 0) is 18.7 Å². The summed E-state index contributed by atoms with van der Waals surface area (Å²) in [6, 6.07) is 10.2. The average Bonchev–Trinajstić information content (AvgIpc) is 2.51. The molecule has 1 rings (SSSR count). The van der Waals surface area contributed by atoms with Crippen molar-refractivity contribution in [2.75, 3.05) is 26.2 Å². The molecule has 1 aromatic carbocycles. The molecule has 0 bridgehead atoms. The number of nitrogens with two attached hydrogens (primary N) is 1. The lowest BCUT2D eigenvalue weighted by Gasteiger charge is -2.22. The van der Waals surface area contributed by atoms with Crippen molar-refractivity contribution in [2.24, 2.45) is 10.9 Å². The van der Waals surface area contributed by atoms with E-state index >= 15 is 0 Å². The molecule has 0 saturated heterocycles. The Morgan fingerprint density at radius 2 is 1.95 bits per heavy atom. The number of amidine groups is 1. The van der Waals surface area contributed by atoms with Gasteiger partial charge in [-0.15, -0.1) is 0 Å².